The number of carbonyl (C=O) groups excluding carboxylic acids is 1. The lowest BCUT2D eigenvalue weighted by molar-refractivity contribution is -0.132. The lowest BCUT2D eigenvalue weighted by Crippen LogP contribution is -2.45. The summed E-state index contributed by atoms with van der Waals surface area (Å²) in [5.41, 5.74) is 0.865. The van der Waals surface area contributed by atoms with Gasteiger partial charge in [-0.3, -0.25) is 4.79 Å². The molecule has 2 saturated heterocycles. The highest BCUT2D eigenvalue weighted by atomic mass is 35.5. The quantitative estimate of drug-likeness (QED) is 0.495. The molecule has 6 nitrogen and oxygen atoms in total. The second kappa shape index (κ2) is 9.45. The van der Waals surface area contributed by atoms with Crippen LogP contribution >= 0.6 is 11.6 Å². The predicted molar refractivity (Wildman–Crippen MR) is 137 cm³/mol. The summed E-state index contributed by atoms with van der Waals surface area (Å²) < 4.78 is 33.7. The summed E-state index contributed by atoms with van der Waals surface area (Å²) in [4.78, 5) is 15.1. The minimum Gasteiger partial charge on any atom is -0.497 e. The van der Waals surface area contributed by atoms with Crippen LogP contribution in [0.2, 0.25) is 5.02 Å². The Morgan fingerprint density at radius 1 is 1.00 bits per heavy atom. The fourth-order valence-electron chi connectivity index (χ4n) is 5.34. The number of fused-ring (bicyclic) bond motifs is 1. The largest absolute Gasteiger partial charge is 0.497 e. The molecule has 1 spiro atoms. The summed E-state index contributed by atoms with van der Waals surface area (Å²) in [5, 5.41) is 2.27. The molecule has 35 heavy (non-hydrogen) atoms. The van der Waals surface area contributed by atoms with E-state index in [4.69, 9.17) is 16.3 Å². The summed E-state index contributed by atoms with van der Waals surface area (Å²) in [7, 11) is -1.98. The van der Waals surface area contributed by atoms with Crippen LogP contribution in [0.4, 0.5) is 0 Å². The van der Waals surface area contributed by atoms with Crippen LogP contribution < -0.4 is 4.74 Å². The number of hydrogen-bond acceptors (Lipinski definition) is 4. The van der Waals surface area contributed by atoms with Crippen molar-refractivity contribution in [2.45, 2.75) is 30.6 Å². The Bertz CT molecular complexity index is 1370. The third kappa shape index (κ3) is 4.77. The zero-order chi connectivity index (χ0) is 24.6. The fraction of sp³-hybridized carbons (Fsp3) is 0.370. The molecule has 0 aromatic heterocycles. The lowest BCUT2D eigenvalue weighted by atomic mass is 9.78. The van der Waals surface area contributed by atoms with E-state index in [2.05, 4.69) is 0 Å². The maximum absolute atomic E-state index is 13.4. The Morgan fingerprint density at radius 3 is 2.51 bits per heavy atom. The van der Waals surface area contributed by atoms with Gasteiger partial charge in [0.05, 0.1) is 18.4 Å². The molecule has 0 unspecified atom stereocenters. The van der Waals surface area contributed by atoms with E-state index < -0.39 is 10.0 Å². The molecule has 2 heterocycles. The van der Waals surface area contributed by atoms with Gasteiger partial charge in [0.1, 0.15) is 5.75 Å². The first-order chi connectivity index (χ1) is 16.8. The first kappa shape index (κ1) is 24.1. The number of nitrogens with zero attached hydrogens (tertiary/aromatic N) is 2. The first-order valence-electron chi connectivity index (χ1n) is 11.9. The molecule has 3 aromatic carbocycles. The van der Waals surface area contributed by atoms with Gasteiger partial charge in [-0.05, 0) is 66.0 Å². The predicted octanol–water partition coefficient (Wildman–Crippen LogP) is 4.75. The third-order valence-corrected chi connectivity index (χ3v) is 9.68. The molecule has 0 saturated carbocycles. The van der Waals surface area contributed by atoms with Crippen molar-refractivity contribution < 1.29 is 17.9 Å². The van der Waals surface area contributed by atoms with E-state index >= 15 is 0 Å². The summed E-state index contributed by atoms with van der Waals surface area (Å²) in [5.74, 6) is 0.847. The molecule has 0 aliphatic carbocycles. The van der Waals surface area contributed by atoms with Crippen LogP contribution in [-0.2, 0) is 21.2 Å². The molecule has 0 radical (unpaired) electrons. The van der Waals surface area contributed by atoms with E-state index in [1.54, 1.807) is 35.7 Å². The van der Waals surface area contributed by atoms with Crippen molar-refractivity contribution in [2.75, 3.05) is 33.3 Å². The van der Waals surface area contributed by atoms with Crippen molar-refractivity contribution in [2.24, 2.45) is 5.41 Å². The SMILES string of the molecule is COc1cccc(CC(=O)N2CCC3(CC2)CCN(S(=O)(=O)c2ccc4c(Cl)cccc4c2)C3)c1. The Hall–Kier alpha value is -2.61. The number of carbonyl (C=O) groups is 1. The van der Waals surface area contributed by atoms with E-state index in [0.29, 0.717) is 42.5 Å². The van der Waals surface area contributed by atoms with Gasteiger partial charge in [0.15, 0.2) is 0 Å². The van der Waals surface area contributed by atoms with Gasteiger partial charge in [-0.2, -0.15) is 4.31 Å². The number of piperidine rings is 1. The molecule has 2 fully saturated rings. The Kier molecular flexibility index (Phi) is 6.51. The number of sulfonamides is 1. The summed E-state index contributed by atoms with van der Waals surface area (Å²) in [6.07, 6.45) is 2.80. The molecule has 3 aromatic rings. The molecule has 184 valence electrons. The van der Waals surface area contributed by atoms with Gasteiger partial charge in [-0.1, -0.05) is 41.9 Å². The smallest absolute Gasteiger partial charge is 0.243 e. The van der Waals surface area contributed by atoms with Crippen molar-refractivity contribution in [3.63, 3.8) is 0 Å². The van der Waals surface area contributed by atoms with E-state index in [0.717, 1.165) is 41.3 Å². The third-order valence-electron chi connectivity index (χ3n) is 7.51. The molecular weight excluding hydrogens is 484 g/mol. The number of benzene rings is 3. The molecule has 5 rings (SSSR count). The maximum Gasteiger partial charge on any atom is 0.243 e. The number of ether oxygens (including phenoxy) is 1. The van der Waals surface area contributed by atoms with Crippen molar-refractivity contribution in [3.05, 3.63) is 71.2 Å². The number of halogens is 1. The van der Waals surface area contributed by atoms with Crippen LogP contribution in [0.25, 0.3) is 10.8 Å². The van der Waals surface area contributed by atoms with Crippen molar-refractivity contribution in [1.29, 1.82) is 0 Å². The highest BCUT2D eigenvalue weighted by molar-refractivity contribution is 7.89. The van der Waals surface area contributed by atoms with Gasteiger partial charge in [0.2, 0.25) is 15.9 Å². The Morgan fingerprint density at radius 2 is 1.74 bits per heavy atom. The summed E-state index contributed by atoms with van der Waals surface area (Å²) in [6.45, 7) is 2.32. The molecule has 0 atom stereocenters. The molecule has 0 N–H and O–H groups in total. The van der Waals surface area contributed by atoms with Crippen molar-refractivity contribution in [3.8, 4) is 5.75 Å². The van der Waals surface area contributed by atoms with E-state index in [-0.39, 0.29) is 11.3 Å². The van der Waals surface area contributed by atoms with Crippen LogP contribution in [-0.4, -0.2) is 56.8 Å². The van der Waals surface area contributed by atoms with Crippen LogP contribution in [0.15, 0.2) is 65.6 Å². The number of likely N-dealkylation sites (tertiary alicyclic amines) is 1. The van der Waals surface area contributed by atoms with Gasteiger partial charge in [-0.25, -0.2) is 8.42 Å². The maximum atomic E-state index is 13.4. The zero-order valence-electron chi connectivity index (χ0n) is 19.7. The van der Waals surface area contributed by atoms with Gasteiger partial charge >= 0.3 is 0 Å². The lowest BCUT2D eigenvalue weighted by Gasteiger charge is -2.39. The molecule has 0 bridgehead atoms. The Balaban J connectivity index is 1.23. The molecule has 2 aliphatic heterocycles. The fourth-order valence-corrected chi connectivity index (χ4v) is 7.17. The average Bonchev–Trinajstić information content (AvgIpc) is 3.28. The number of amides is 1. The molecule has 2 aliphatic rings. The Labute approximate surface area is 211 Å². The number of methoxy groups -OCH3 is 1. The van der Waals surface area contributed by atoms with Gasteiger partial charge < -0.3 is 9.64 Å². The van der Waals surface area contributed by atoms with Crippen LogP contribution in [0, 0.1) is 5.41 Å². The van der Waals surface area contributed by atoms with E-state index in [9.17, 15) is 13.2 Å². The zero-order valence-corrected chi connectivity index (χ0v) is 21.3. The normalized spacial score (nSPS) is 18.3. The van der Waals surface area contributed by atoms with Crippen molar-refractivity contribution in [1.82, 2.24) is 9.21 Å². The number of rotatable bonds is 5. The molecular formula is C27H29ClN2O4S. The van der Waals surface area contributed by atoms with E-state index in [1.807, 2.05) is 41.3 Å². The minimum atomic E-state index is -3.60. The molecule has 1 amide bonds. The summed E-state index contributed by atoms with van der Waals surface area (Å²) in [6, 6.07) is 18.2. The van der Waals surface area contributed by atoms with Crippen molar-refractivity contribution >= 4 is 38.3 Å². The molecule has 8 heteroatoms. The second-order valence-electron chi connectivity index (χ2n) is 9.62. The standard InChI is InChI=1S/C27H29ClN2O4S/c1-34-22-6-2-4-20(16-22)17-26(31)29-13-10-27(11-14-29)12-15-30(19-27)35(32,33)23-8-9-24-21(18-23)5-3-7-25(24)28/h2-9,16,18H,10-15,17,19H2,1H3. The minimum absolute atomic E-state index is 0.0695. The first-order valence-corrected chi connectivity index (χ1v) is 13.7. The van der Waals surface area contributed by atoms with E-state index in [1.165, 1.54) is 0 Å². The second-order valence-corrected chi connectivity index (χ2v) is 12.0. The van der Waals surface area contributed by atoms with Gasteiger partial charge in [-0.15, -0.1) is 0 Å². The van der Waals surface area contributed by atoms with Gasteiger partial charge in [0, 0.05) is 36.6 Å². The van der Waals surface area contributed by atoms with Gasteiger partial charge in [0.25, 0.3) is 0 Å². The average molecular weight is 513 g/mol. The summed E-state index contributed by atoms with van der Waals surface area (Å²) >= 11 is 6.25. The van der Waals surface area contributed by atoms with Crippen LogP contribution in [0.5, 0.6) is 5.75 Å². The monoisotopic (exact) mass is 512 g/mol. The topological polar surface area (TPSA) is 66.9 Å². The number of hydrogen-bond donors (Lipinski definition) is 0. The highest BCUT2D eigenvalue weighted by Crippen LogP contribution is 2.42. The van der Waals surface area contributed by atoms with Crippen LogP contribution in [0.1, 0.15) is 24.8 Å². The van der Waals surface area contributed by atoms with Crippen LogP contribution in [0.3, 0.4) is 0 Å². The highest BCUT2D eigenvalue weighted by Gasteiger charge is 2.45.